The van der Waals surface area contributed by atoms with Crippen LogP contribution in [0.25, 0.3) is 55.6 Å². The summed E-state index contributed by atoms with van der Waals surface area (Å²) in [6, 6.07) is 39.2. The van der Waals surface area contributed by atoms with Crippen molar-refractivity contribution in [2.24, 2.45) is 5.41 Å². The predicted octanol–water partition coefficient (Wildman–Crippen LogP) is 11.1. The maximum atomic E-state index is 8.61. The van der Waals surface area contributed by atoms with Crippen molar-refractivity contribution in [2.75, 3.05) is 0 Å². The summed E-state index contributed by atoms with van der Waals surface area (Å²) in [5.41, 5.74) is 7.35. The van der Waals surface area contributed by atoms with Gasteiger partial charge in [0.2, 0.25) is 0 Å². The molecule has 0 unspecified atom stereocenters. The minimum atomic E-state index is -2.08. The number of para-hydroxylation sites is 1. The number of furan rings is 1. The first-order valence-electron chi connectivity index (χ1n) is 18.3. The molecule has 0 saturated carbocycles. The maximum absolute atomic E-state index is 8.61. The number of benzene rings is 4. The second kappa shape index (κ2) is 14.7. The number of hydrogen-bond acceptors (Lipinski definition) is 3. The van der Waals surface area contributed by atoms with E-state index >= 15 is 0 Å². The number of aryl methyl sites for hydroxylation is 1. The number of pyridine rings is 2. The van der Waals surface area contributed by atoms with Crippen molar-refractivity contribution in [1.82, 2.24) is 9.97 Å². The minimum Gasteiger partial charge on any atom is -0.500 e. The molecule has 0 atom stereocenters. The number of aromatic nitrogens is 2. The molecule has 3 aromatic heterocycles. The van der Waals surface area contributed by atoms with Crippen LogP contribution < -0.4 is 4.40 Å². The van der Waals surface area contributed by atoms with Gasteiger partial charge in [-0.05, 0) is 29.1 Å². The molecule has 1 radical (unpaired) electrons. The second-order valence-electron chi connectivity index (χ2n) is 13.8. The molecule has 0 amide bonds. The monoisotopic (exact) mass is 874 g/mol. The summed E-state index contributed by atoms with van der Waals surface area (Å²) in [5.74, 6) is 6.98. The van der Waals surface area contributed by atoms with Gasteiger partial charge in [0.15, 0.2) is 0 Å². The zero-order chi connectivity index (χ0) is 37.5. The largest absolute Gasteiger partial charge is 0.500 e. The molecule has 4 aromatic carbocycles. The third-order valence-corrected chi connectivity index (χ3v) is 12.0. The Bertz CT molecular complexity index is 2270. The summed E-state index contributed by atoms with van der Waals surface area (Å²) in [7, 11) is 0. The van der Waals surface area contributed by atoms with Crippen LogP contribution >= 0.6 is 0 Å². The van der Waals surface area contributed by atoms with Crippen molar-refractivity contribution in [3.05, 3.63) is 139 Å². The van der Waals surface area contributed by atoms with Gasteiger partial charge in [-0.15, -0.1) is 23.8 Å². The van der Waals surface area contributed by atoms with Gasteiger partial charge in [-0.2, -0.15) is 0 Å². The second-order valence-corrected chi connectivity index (χ2v) is 24.4. The van der Waals surface area contributed by atoms with E-state index in [9.17, 15) is 0 Å². The Labute approximate surface area is 308 Å². The molecule has 3 heterocycles. The smallest absolute Gasteiger partial charge is 0.128 e. The number of fused-ring (bicyclic) bond motifs is 3. The minimum absolute atomic E-state index is 0. The molecule has 48 heavy (non-hydrogen) atoms. The molecule has 245 valence electrons. The molecule has 0 spiro atoms. The predicted molar refractivity (Wildman–Crippen MR) is 201 cm³/mol. The van der Waals surface area contributed by atoms with E-state index in [1.165, 1.54) is 10.5 Å². The fourth-order valence-electron chi connectivity index (χ4n) is 5.40. The topological polar surface area (TPSA) is 38.9 Å². The van der Waals surface area contributed by atoms with Gasteiger partial charge in [0.25, 0.3) is 0 Å². The fourth-order valence-corrected chi connectivity index (χ4v) is 7.58. The summed E-state index contributed by atoms with van der Waals surface area (Å²) >= 11 is -1.83. The fraction of sp³-hybridized carbons (Fsp3) is 0.209. The van der Waals surface area contributed by atoms with Gasteiger partial charge in [-0.3, -0.25) is 0 Å². The van der Waals surface area contributed by atoms with Crippen LogP contribution in [0.3, 0.4) is 0 Å². The van der Waals surface area contributed by atoms with E-state index in [4.69, 9.17) is 11.3 Å². The zero-order valence-corrected chi connectivity index (χ0v) is 32.6. The van der Waals surface area contributed by atoms with E-state index in [1.54, 1.807) is 24.4 Å². The van der Waals surface area contributed by atoms with E-state index in [2.05, 4.69) is 69.7 Å². The third kappa shape index (κ3) is 8.41. The first-order valence-corrected chi connectivity index (χ1v) is 23.2. The van der Waals surface area contributed by atoms with E-state index in [1.807, 2.05) is 75.5 Å². The van der Waals surface area contributed by atoms with Crippen LogP contribution in [-0.2, 0) is 26.5 Å². The molecular weight excluding hydrogens is 825 g/mol. The first-order chi connectivity index (χ1) is 24.4. The molecule has 0 aliphatic carbocycles. The van der Waals surface area contributed by atoms with Gasteiger partial charge in [0.05, 0.1) is 5.58 Å². The van der Waals surface area contributed by atoms with Gasteiger partial charge < -0.3 is 9.40 Å². The molecule has 0 aliphatic rings. The summed E-state index contributed by atoms with van der Waals surface area (Å²) in [4.78, 5) is 9.00. The Balaban J connectivity index is 0.000000223. The summed E-state index contributed by atoms with van der Waals surface area (Å²) in [6.45, 7) is 3.65. The van der Waals surface area contributed by atoms with Crippen molar-refractivity contribution in [3.8, 4) is 33.6 Å². The van der Waals surface area contributed by atoms with E-state index < -0.39 is 31.9 Å². The first kappa shape index (κ1) is 29.1. The quantitative estimate of drug-likeness (QED) is 0.128. The van der Waals surface area contributed by atoms with Gasteiger partial charge in [0, 0.05) is 40.0 Å². The molecule has 7 rings (SSSR count). The van der Waals surface area contributed by atoms with Gasteiger partial charge in [0.1, 0.15) is 5.58 Å². The Morgan fingerprint density at radius 3 is 2.25 bits per heavy atom. The van der Waals surface area contributed by atoms with Crippen LogP contribution in [0.2, 0.25) is 17.3 Å². The van der Waals surface area contributed by atoms with Gasteiger partial charge in [-0.1, -0.05) is 86.3 Å². The third-order valence-electron chi connectivity index (χ3n) is 7.79. The number of nitrogens with zero attached hydrogens (tertiary/aromatic N) is 2. The SMILES string of the molecule is [2H]C([2H])([2H])c1c[c-]c(-c2cc[c]([Ge]([CH3])([CH3])[CH3])cn2)cc1.[2H]C([2H])(c1ccnc(-c2[c-]cc3oc4c(-c5ccccc5)cccc4c3c2)c1)C(C)(C)C.[Ir]. The van der Waals surface area contributed by atoms with Crippen LogP contribution in [-0.4, -0.2) is 23.2 Å². The standard InChI is InChI=1S/C28H24NO.C15H18GeN.Ir/c1-28(2,3)18-19-14-15-29-25(16-19)21-12-13-26-24(17-21)23-11-7-10-22(27(23)30-26)20-8-5-4-6-9-20;1-12-5-7-13(8-6-12)15-10-9-14(11-17-15)16(2,3)4;/h4-11,13-17H,18H2,1-3H3;5-7,9-11H,1-4H3;/q2*-1;/i18D2;1D3;. The Morgan fingerprint density at radius 2 is 1.58 bits per heavy atom. The number of hydrogen-bond donors (Lipinski definition) is 0. The average Bonchev–Trinajstić information content (AvgIpc) is 3.49. The van der Waals surface area contributed by atoms with Gasteiger partial charge in [-0.25, -0.2) is 0 Å². The molecule has 0 fully saturated rings. The molecule has 0 bridgehead atoms. The van der Waals surface area contributed by atoms with Crippen molar-refractivity contribution in [2.45, 2.75) is 51.3 Å². The van der Waals surface area contributed by atoms with E-state index in [0.29, 0.717) is 16.8 Å². The summed E-state index contributed by atoms with van der Waals surface area (Å²) in [6.07, 6.45) is 2.13. The Hall–Kier alpha value is -3.83. The number of rotatable bonds is 5. The van der Waals surface area contributed by atoms with E-state index in [-0.39, 0.29) is 20.1 Å². The average molecular weight is 873 g/mol. The zero-order valence-electron chi connectivity index (χ0n) is 33.1. The van der Waals surface area contributed by atoms with Gasteiger partial charge >= 0.3 is 110 Å². The van der Waals surface area contributed by atoms with Crippen LogP contribution in [0.15, 0.2) is 120 Å². The van der Waals surface area contributed by atoms with Crippen molar-refractivity contribution in [1.29, 1.82) is 0 Å². The summed E-state index contributed by atoms with van der Waals surface area (Å²) < 4.78 is 46.9. The maximum Gasteiger partial charge on any atom is 0.128 e. The molecule has 0 saturated heterocycles. The molecular formula is C43H42GeIrN2O-2. The van der Waals surface area contributed by atoms with Crippen LogP contribution in [0.4, 0.5) is 0 Å². The molecule has 3 nitrogen and oxygen atoms in total. The van der Waals surface area contributed by atoms with Crippen molar-refractivity contribution >= 4 is 39.6 Å². The van der Waals surface area contributed by atoms with Crippen LogP contribution in [0, 0.1) is 24.4 Å². The Kier molecular flexibility index (Phi) is 8.94. The molecule has 7 aromatic rings. The molecule has 5 heteroatoms. The van der Waals surface area contributed by atoms with Crippen LogP contribution in [0.5, 0.6) is 0 Å². The Morgan fingerprint density at radius 1 is 0.792 bits per heavy atom. The van der Waals surface area contributed by atoms with Crippen LogP contribution in [0.1, 0.15) is 38.8 Å². The van der Waals surface area contributed by atoms with Crippen molar-refractivity contribution < 1.29 is 31.4 Å². The normalized spacial score (nSPS) is 13.7. The van der Waals surface area contributed by atoms with E-state index in [0.717, 1.165) is 49.9 Å². The van der Waals surface area contributed by atoms with Crippen molar-refractivity contribution in [3.63, 3.8) is 0 Å². The summed E-state index contributed by atoms with van der Waals surface area (Å²) in [5, 5.41) is 2.04. The molecule has 0 N–H and O–H groups in total. The molecule has 0 aliphatic heterocycles.